The highest BCUT2D eigenvalue weighted by atomic mass is 16.2. The molecule has 1 aliphatic heterocycles. The van der Waals surface area contributed by atoms with Gasteiger partial charge in [0, 0.05) is 44.9 Å². The summed E-state index contributed by atoms with van der Waals surface area (Å²) in [5.41, 5.74) is 0.929. The van der Waals surface area contributed by atoms with Crippen LogP contribution in [0.3, 0.4) is 0 Å². The summed E-state index contributed by atoms with van der Waals surface area (Å²) in [6.45, 7) is 5.28. The zero-order valence-electron chi connectivity index (χ0n) is 16.0. The molecule has 0 N–H and O–H groups in total. The maximum Gasteiger partial charge on any atom is 0.352 e. The summed E-state index contributed by atoms with van der Waals surface area (Å²) in [5, 5.41) is 5.22. The molecule has 0 spiro atoms. The van der Waals surface area contributed by atoms with E-state index in [0.29, 0.717) is 44.1 Å². The van der Waals surface area contributed by atoms with Gasteiger partial charge in [-0.3, -0.25) is 9.59 Å². The lowest BCUT2D eigenvalue weighted by molar-refractivity contribution is -0.139. The van der Waals surface area contributed by atoms with E-state index in [2.05, 4.69) is 10.1 Å². The van der Waals surface area contributed by atoms with E-state index in [0.717, 1.165) is 10.9 Å². The SMILES string of the molecule is CCc1nc2ccccc2c2nn(CC(=O)N3CCN(C(C)=O)CC3)c(=O)n12. The smallest absolute Gasteiger partial charge is 0.339 e. The number of carbonyl (C=O) groups is 2. The van der Waals surface area contributed by atoms with Gasteiger partial charge in [-0.05, 0) is 12.1 Å². The van der Waals surface area contributed by atoms with E-state index in [4.69, 9.17) is 0 Å². The van der Waals surface area contributed by atoms with Crippen molar-refractivity contribution in [1.82, 2.24) is 29.0 Å². The molecule has 1 fully saturated rings. The number of rotatable bonds is 3. The average Bonchev–Trinajstić information content (AvgIpc) is 3.04. The maximum atomic E-state index is 12.9. The summed E-state index contributed by atoms with van der Waals surface area (Å²) >= 11 is 0. The van der Waals surface area contributed by atoms with Gasteiger partial charge in [0.1, 0.15) is 12.4 Å². The minimum Gasteiger partial charge on any atom is -0.339 e. The molecule has 0 unspecified atom stereocenters. The first-order valence-corrected chi connectivity index (χ1v) is 9.40. The van der Waals surface area contributed by atoms with Gasteiger partial charge >= 0.3 is 5.69 Å². The Kier molecular flexibility index (Phi) is 4.58. The third kappa shape index (κ3) is 3.02. The first-order valence-electron chi connectivity index (χ1n) is 9.40. The van der Waals surface area contributed by atoms with E-state index in [1.807, 2.05) is 31.2 Å². The van der Waals surface area contributed by atoms with Gasteiger partial charge in [-0.2, -0.15) is 0 Å². The van der Waals surface area contributed by atoms with Crippen LogP contribution in [0, 0.1) is 0 Å². The fraction of sp³-hybridized carbons (Fsp3) is 0.421. The summed E-state index contributed by atoms with van der Waals surface area (Å²) in [5.74, 6) is 0.451. The van der Waals surface area contributed by atoms with Crippen LogP contribution in [0.1, 0.15) is 19.7 Å². The van der Waals surface area contributed by atoms with Crippen molar-refractivity contribution in [3.8, 4) is 0 Å². The largest absolute Gasteiger partial charge is 0.352 e. The highest BCUT2D eigenvalue weighted by Crippen LogP contribution is 2.17. The van der Waals surface area contributed by atoms with Gasteiger partial charge < -0.3 is 9.80 Å². The Labute approximate surface area is 161 Å². The van der Waals surface area contributed by atoms with E-state index in [1.165, 1.54) is 16.0 Å². The third-order valence-electron chi connectivity index (χ3n) is 5.17. The molecule has 0 atom stereocenters. The zero-order valence-corrected chi connectivity index (χ0v) is 16.0. The third-order valence-corrected chi connectivity index (χ3v) is 5.17. The summed E-state index contributed by atoms with van der Waals surface area (Å²) in [6, 6.07) is 7.53. The van der Waals surface area contributed by atoms with Crippen molar-refractivity contribution in [3.05, 3.63) is 40.6 Å². The van der Waals surface area contributed by atoms with E-state index in [-0.39, 0.29) is 24.0 Å². The van der Waals surface area contributed by atoms with Crippen LogP contribution in [0.15, 0.2) is 29.1 Å². The summed E-state index contributed by atoms with van der Waals surface area (Å²) in [6.07, 6.45) is 0.577. The van der Waals surface area contributed by atoms with Crippen molar-refractivity contribution in [2.24, 2.45) is 0 Å². The molecule has 9 nitrogen and oxygen atoms in total. The van der Waals surface area contributed by atoms with Crippen molar-refractivity contribution in [2.75, 3.05) is 26.2 Å². The van der Waals surface area contributed by atoms with Gasteiger partial charge in [0.2, 0.25) is 11.8 Å². The first-order chi connectivity index (χ1) is 13.5. The van der Waals surface area contributed by atoms with Crippen molar-refractivity contribution < 1.29 is 9.59 Å². The fourth-order valence-electron chi connectivity index (χ4n) is 3.60. The van der Waals surface area contributed by atoms with Crippen molar-refractivity contribution in [1.29, 1.82) is 0 Å². The van der Waals surface area contributed by atoms with Gasteiger partial charge in [-0.1, -0.05) is 19.1 Å². The Morgan fingerprint density at radius 1 is 1.07 bits per heavy atom. The molecular formula is C19H22N6O3. The topological polar surface area (TPSA) is 92.8 Å². The number of fused-ring (bicyclic) bond motifs is 3. The lowest BCUT2D eigenvalue weighted by atomic mass is 10.2. The predicted octanol–water partition coefficient (Wildman–Crippen LogP) is 0.297. The van der Waals surface area contributed by atoms with Crippen molar-refractivity contribution >= 4 is 28.4 Å². The minimum absolute atomic E-state index is 0.00939. The van der Waals surface area contributed by atoms with Gasteiger partial charge in [-0.25, -0.2) is 18.9 Å². The molecule has 3 heterocycles. The Bertz CT molecular complexity index is 1120. The zero-order chi connectivity index (χ0) is 19.8. The van der Waals surface area contributed by atoms with E-state index in [9.17, 15) is 14.4 Å². The molecule has 146 valence electrons. The molecule has 4 rings (SSSR count). The van der Waals surface area contributed by atoms with E-state index >= 15 is 0 Å². The lowest BCUT2D eigenvalue weighted by Gasteiger charge is -2.34. The van der Waals surface area contributed by atoms with Crippen LogP contribution in [0.25, 0.3) is 16.6 Å². The molecule has 0 saturated carbocycles. The summed E-state index contributed by atoms with van der Waals surface area (Å²) < 4.78 is 2.70. The molecule has 3 aromatic rings. The number of hydrogen-bond donors (Lipinski definition) is 0. The Hall–Kier alpha value is -3.23. The Morgan fingerprint density at radius 2 is 1.75 bits per heavy atom. The van der Waals surface area contributed by atoms with Crippen LogP contribution in [0.2, 0.25) is 0 Å². The first kappa shape index (κ1) is 18.1. The summed E-state index contributed by atoms with van der Waals surface area (Å²) in [7, 11) is 0. The number of aryl methyl sites for hydroxylation is 1. The molecule has 2 amide bonds. The van der Waals surface area contributed by atoms with E-state index < -0.39 is 0 Å². The highest BCUT2D eigenvalue weighted by molar-refractivity contribution is 5.91. The van der Waals surface area contributed by atoms with Crippen LogP contribution in [-0.4, -0.2) is 67.0 Å². The number of aromatic nitrogens is 4. The maximum absolute atomic E-state index is 12.9. The van der Waals surface area contributed by atoms with Crippen LogP contribution in [-0.2, 0) is 22.6 Å². The predicted molar refractivity (Wildman–Crippen MR) is 103 cm³/mol. The van der Waals surface area contributed by atoms with E-state index in [1.54, 1.807) is 9.80 Å². The molecule has 1 aromatic carbocycles. The number of para-hydroxylation sites is 1. The standard InChI is InChI=1S/C19H22N6O3/c1-3-16-20-15-7-5-4-6-14(15)18-21-24(19(28)25(16)18)12-17(27)23-10-8-22(9-11-23)13(2)26/h4-7H,3,8-12H2,1-2H3. The second-order valence-corrected chi connectivity index (χ2v) is 6.88. The number of piperazine rings is 1. The molecular weight excluding hydrogens is 360 g/mol. The lowest BCUT2D eigenvalue weighted by Crippen LogP contribution is -2.51. The van der Waals surface area contributed by atoms with Crippen LogP contribution in [0.5, 0.6) is 0 Å². The van der Waals surface area contributed by atoms with Gasteiger partial charge in [0.25, 0.3) is 0 Å². The Morgan fingerprint density at radius 3 is 2.43 bits per heavy atom. The molecule has 1 saturated heterocycles. The minimum atomic E-state index is -0.360. The van der Waals surface area contributed by atoms with Gasteiger partial charge in [0.05, 0.1) is 5.52 Å². The van der Waals surface area contributed by atoms with Gasteiger partial charge in [0.15, 0.2) is 5.65 Å². The highest BCUT2D eigenvalue weighted by Gasteiger charge is 2.24. The normalized spacial score (nSPS) is 14.8. The average molecular weight is 382 g/mol. The number of carbonyl (C=O) groups excluding carboxylic acids is 2. The number of hydrogen-bond acceptors (Lipinski definition) is 5. The molecule has 0 bridgehead atoms. The quantitative estimate of drug-likeness (QED) is 0.649. The number of benzene rings is 1. The Balaban J connectivity index is 1.65. The molecule has 0 radical (unpaired) electrons. The monoisotopic (exact) mass is 382 g/mol. The summed E-state index contributed by atoms with van der Waals surface area (Å²) in [4.78, 5) is 45.0. The number of nitrogens with zero attached hydrogens (tertiary/aromatic N) is 6. The van der Waals surface area contributed by atoms with Crippen molar-refractivity contribution in [2.45, 2.75) is 26.8 Å². The van der Waals surface area contributed by atoms with Crippen LogP contribution >= 0.6 is 0 Å². The number of amides is 2. The molecule has 28 heavy (non-hydrogen) atoms. The van der Waals surface area contributed by atoms with Crippen LogP contribution < -0.4 is 5.69 Å². The second-order valence-electron chi connectivity index (χ2n) is 6.88. The second kappa shape index (κ2) is 7.06. The van der Waals surface area contributed by atoms with Gasteiger partial charge in [-0.15, -0.1) is 5.10 Å². The van der Waals surface area contributed by atoms with Crippen LogP contribution in [0.4, 0.5) is 0 Å². The van der Waals surface area contributed by atoms with Crippen molar-refractivity contribution in [3.63, 3.8) is 0 Å². The fourth-order valence-corrected chi connectivity index (χ4v) is 3.60. The molecule has 0 aliphatic carbocycles. The molecule has 1 aliphatic rings. The molecule has 9 heteroatoms. The molecule has 2 aromatic heterocycles.